The van der Waals surface area contributed by atoms with Gasteiger partial charge in [-0.15, -0.1) is 0 Å². The second kappa shape index (κ2) is 5.19. The molecule has 0 unspecified atom stereocenters. The summed E-state index contributed by atoms with van der Waals surface area (Å²) in [5.41, 5.74) is 8.71. The average molecular weight is 274 g/mol. The average Bonchev–Trinajstić information content (AvgIpc) is 2.75. The van der Waals surface area contributed by atoms with Crippen LogP contribution in [0.4, 0.5) is 5.82 Å². The largest absolute Gasteiger partial charge is 0.389 e. The highest BCUT2D eigenvalue weighted by Gasteiger charge is 2.12. The van der Waals surface area contributed by atoms with E-state index in [4.69, 9.17) is 18.0 Å². The summed E-state index contributed by atoms with van der Waals surface area (Å²) in [4.78, 5) is 12.3. The summed E-state index contributed by atoms with van der Waals surface area (Å²) in [7, 11) is 0. The third-order valence-corrected chi connectivity index (χ3v) is 2.85. The van der Waals surface area contributed by atoms with Gasteiger partial charge in [0.15, 0.2) is 0 Å². The first-order chi connectivity index (χ1) is 8.97. The van der Waals surface area contributed by atoms with Gasteiger partial charge in [0.05, 0.1) is 11.8 Å². The third-order valence-electron chi connectivity index (χ3n) is 2.63. The van der Waals surface area contributed by atoms with Gasteiger partial charge >= 0.3 is 0 Å². The van der Waals surface area contributed by atoms with Gasteiger partial charge in [0, 0.05) is 5.56 Å². The van der Waals surface area contributed by atoms with E-state index in [1.165, 1.54) is 6.20 Å². The number of aryl methyl sites for hydroxylation is 2. The first kappa shape index (κ1) is 13.2. The van der Waals surface area contributed by atoms with Crippen LogP contribution in [0.2, 0.25) is 0 Å². The van der Waals surface area contributed by atoms with E-state index in [2.05, 4.69) is 15.5 Å². The maximum Gasteiger partial charge on any atom is 0.256 e. The summed E-state index contributed by atoms with van der Waals surface area (Å²) in [5.74, 6) is 0.185. The fourth-order valence-electron chi connectivity index (χ4n) is 1.86. The molecule has 0 fully saturated rings. The Hall–Kier alpha value is -2.21. The maximum absolute atomic E-state index is 12.1. The van der Waals surface area contributed by atoms with E-state index in [1.54, 1.807) is 0 Å². The number of anilines is 1. The van der Waals surface area contributed by atoms with Crippen molar-refractivity contribution in [3.63, 3.8) is 0 Å². The van der Waals surface area contributed by atoms with Crippen LogP contribution in [0.1, 0.15) is 27.0 Å². The molecule has 5 nitrogen and oxygen atoms in total. The third kappa shape index (κ3) is 2.97. The number of carbonyl (C=O) groups is 1. The monoisotopic (exact) mass is 274 g/mol. The number of aromatic nitrogens is 2. The molecule has 1 heterocycles. The van der Waals surface area contributed by atoms with Crippen molar-refractivity contribution in [2.45, 2.75) is 13.8 Å². The van der Waals surface area contributed by atoms with Gasteiger partial charge in [-0.1, -0.05) is 29.4 Å². The van der Waals surface area contributed by atoms with Crippen molar-refractivity contribution in [3.05, 3.63) is 46.6 Å². The number of H-pyrrole nitrogens is 1. The van der Waals surface area contributed by atoms with E-state index in [-0.39, 0.29) is 10.9 Å². The van der Waals surface area contributed by atoms with Crippen molar-refractivity contribution < 1.29 is 4.79 Å². The van der Waals surface area contributed by atoms with E-state index >= 15 is 0 Å². The van der Waals surface area contributed by atoms with Crippen LogP contribution in [0.5, 0.6) is 0 Å². The topological polar surface area (TPSA) is 83.8 Å². The predicted molar refractivity (Wildman–Crippen MR) is 78.3 cm³/mol. The first-order valence-corrected chi connectivity index (χ1v) is 6.11. The molecule has 1 aromatic heterocycles. The van der Waals surface area contributed by atoms with Crippen molar-refractivity contribution in [2.75, 3.05) is 5.32 Å². The van der Waals surface area contributed by atoms with Crippen LogP contribution in [-0.2, 0) is 0 Å². The quantitative estimate of drug-likeness (QED) is 0.747. The number of nitrogens with one attached hydrogen (secondary N) is 2. The Labute approximate surface area is 116 Å². The summed E-state index contributed by atoms with van der Waals surface area (Å²) in [6.07, 6.45) is 1.49. The summed E-state index contributed by atoms with van der Waals surface area (Å²) < 4.78 is 0. The van der Waals surface area contributed by atoms with E-state index in [9.17, 15) is 4.79 Å². The molecule has 0 saturated carbocycles. The molecular formula is C13H14N4OS. The van der Waals surface area contributed by atoms with Crippen LogP contribution in [-0.4, -0.2) is 21.1 Å². The molecule has 0 aliphatic rings. The normalized spacial score (nSPS) is 10.2. The number of nitrogens with two attached hydrogens (primary N) is 1. The minimum absolute atomic E-state index is 0.185. The molecule has 2 rings (SSSR count). The Morgan fingerprint density at radius 1 is 1.32 bits per heavy atom. The number of benzene rings is 1. The van der Waals surface area contributed by atoms with Crippen LogP contribution in [0.15, 0.2) is 24.4 Å². The highest BCUT2D eigenvalue weighted by molar-refractivity contribution is 7.80. The van der Waals surface area contributed by atoms with Gasteiger partial charge in [0.25, 0.3) is 5.91 Å². The van der Waals surface area contributed by atoms with Gasteiger partial charge in [-0.2, -0.15) is 5.10 Å². The fraction of sp³-hybridized carbons (Fsp3) is 0.154. The zero-order valence-electron chi connectivity index (χ0n) is 10.7. The smallest absolute Gasteiger partial charge is 0.256 e. The molecule has 6 heteroatoms. The Balaban J connectivity index is 2.25. The number of hydrogen-bond donors (Lipinski definition) is 3. The van der Waals surface area contributed by atoms with Gasteiger partial charge in [0.1, 0.15) is 10.8 Å². The molecular weight excluding hydrogens is 260 g/mol. The molecule has 0 aliphatic heterocycles. The van der Waals surface area contributed by atoms with E-state index in [0.717, 1.165) is 11.1 Å². The van der Waals surface area contributed by atoms with Crippen LogP contribution in [0.3, 0.4) is 0 Å². The standard InChI is InChI=1S/C13H14N4OS/c1-7-3-8(2)5-9(4-7)13(18)16-12-10(11(14)19)6-15-17-12/h3-6H,1-2H3,(H2,14,19)(H2,15,16,17,18). The van der Waals surface area contributed by atoms with Gasteiger partial charge in [-0.25, -0.2) is 0 Å². The molecule has 0 bridgehead atoms. The van der Waals surface area contributed by atoms with Gasteiger partial charge < -0.3 is 11.1 Å². The first-order valence-electron chi connectivity index (χ1n) is 5.70. The highest BCUT2D eigenvalue weighted by atomic mass is 32.1. The Morgan fingerprint density at radius 2 is 1.95 bits per heavy atom. The molecule has 0 atom stereocenters. The number of rotatable bonds is 3. The van der Waals surface area contributed by atoms with E-state index in [0.29, 0.717) is 16.9 Å². The van der Waals surface area contributed by atoms with Crippen LogP contribution in [0, 0.1) is 13.8 Å². The lowest BCUT2D eigenvalue weighted by molar-refractivity contribution is 0.102. The van der Waals surface area contributed by atoms with Crippen molar-refractivity contribution in [3.8, 4) is 0 Å². The van der Waals surface area contributed by atoms with Crippen LogP contribution in [0.25, 0.3) is 0 Å². The fourth-order valence-corrected chi connectivity index (χ4v) is 2.01. The van der Waals surface area contributed by atoms with E-state index in [1.807, 2.05) is 32.0 Å². The maximum atomic E-state index is 12.1. The number of nitrogens with zero attached hydrogens (tertiary/aromatic N) is 1. The number of carbonyl (C=O) groups excluding carboxylic acids is 1. The summed E-state index contributed by atoms with van der Waals surface area (Å²) >= 11 is 4.88. The molecule has 0 spiro atoms. The van der Waals surface area contributed by atoms with Crippen molar-refractivity contribution in [1.29, 1.82) is 0 Å². The molecule has 98 valence electrons. The molecule has 0 aliphatic carbocycles. The van der Waals surface area contributed by atoms with Crippen molar-refractivity contribution in [1.82, 2.24) is 10.2 Å². The van der Waals surface area contributed by atoms with Crippen molar-refractivity contribution in [2.24, 2.45) is 5.73 Å². The number of amides is 1. The van der Waals surface area contributed by atoms with Gasteiger partial charge in [-0.05, 0) is 26.0 Å². The zero-order valence-corrected chi connectivity index (χ0v) is 11.5. The summed E-state index contributed by atoms with van der Waals surface area (Å²) in [6.45, 7) is 3.89. The summed E-state index contributed by atoms with van der Waals surface area (Å²) in [6, 6.07) is 5.64. The van der Waals surface area contributed by atoms with E-state index < -0.39 is 0 Å². The lowest BCUT2D eigenvalue weighted by atomic mass is 10.1. The summed E-state index contributed by atoms with van der Waals surface area (Å²) in [5, 5.41) is 9.20. The molecule has 0 saturated heterocycles. The molecule has 0 radical (unpaired) electrons. The molecule has 19 heavy (non-hydrogen) atoms. The molecule has 4 N–H and O–H groups in total. The highest BCUT2D eigenvalue weighted by Crippen LogP contribution is 2.14. The number of hydrogen-bond acceptors (Lipinski definition) is 3. The van der Waals surface area contributed by atoms with Gasteiger partial charge in [-0.3, -0.25) is 9.89 Å². The SMILES string of the molecule is Cc1cc(C)cc(C(=O)Nc2[nH]ncc2C(N)=S)c1. The minimum atomic E-state index is -0.228. The Morgan fingerprint density at radius 3 is 2.53 bits per heavy atom. The van der Waals surface area contributed by atoms with Crippen molar-refractivity contribution >= 4 is 28.9 Å². The predicted octanol–water partition coefficient (Wildman–Crippen LogP) is 1.91. The lowest BCUT2D eigenvalue weighted by Crippen LogP contribution is -2.17. The minimum Gasteiger partial charge on any atom is -0.389 e. The number of aromatic amines is 1. The second-order valence-electron chi connectivity index (χ2n) is 4.35. The lowest BCUT2D eigenvalue weighted by Gasteiger charge is -2.07. The Kier molecular flexibility index (Phi) is 3.62. The molecule has 2 aromatic rings. The van der Waals surface area contributed by atoms with Gasteiger partial charge in [0.2, 0.25) is 0 Å². The Bertz CT molecular complexity index is 628. The molecule has 1 amide bonds. The second-order valence-corrected chi connectivity index (χ2v) is 4.79. The zero-order chi connectivity index (χ0) is 14.0. The van der Waals surface area contributed by atoms with Crippen LogP contribution >= 0.6 is 12.2 Å². The number of thiocarbonyl (C=S) groups is 1. The molecule has 1 aromatic carbocycles. The van der Waals surface area contributed by atoms with Crippen LogP contribution < -0.4 is 11.1 Å².